The third-order valence-electron chi connectivity index (χ3n) is 3.22. The highest BCUT2D eigenvalue weighted by atomic mass is 16.3. The van der Waals surface area contributed by atoms with E-state index >= 15 is 0 Å². The molecule has 1 aromatic carbocycles. The van der Waals surface area contributed by atoms with Gasteiger partial charge in [-0.1, -0.05) is 44.2 Å². The first-order valence-electron chi connectivity index (χ1n) is 6.23. The Bertz CT molecular complexity index is 524. The normalized spacial score (nSPS) is 21.4. The van der Waals surface area contributed by atoms with Crippen molar-refractivity contribution in [2.45, 2.75) is 13.8 Å². The first kappa shape index (κ1) is 12.5. The molecule has 1 atom stereocenters. The fraction of sp³-hybridized carbons (Fsp3) is 0.250. The molecule has 0 amide bonds. The topological polar surface area (TPSA) is 46.2 Å². The Morgan fingerprint density at radius 1 is 1.28 bits per heavy atom. The van der Waals surface area contributed by atoms with E-state index in [1.54, 1.807) is 6.07 Å². The van der Waals surface area contributed by atoms with E-state index in [9.17, 15) is 5.11 Å². The number of rotatable bonds is 2. The Morgan fingerprint density at radius 2 is 2.00 bits per heavy atom. The third-order valence-corrected chi connectivity index (χ3v) is 3.22. The molecule has 1 aromatic rings. The van der Waals surface area contributed by atoms with Crippen LogP contribution in [-0.2, 0) is 0 Å². The summed E-state index contributed by atoms with van der Waals surface area (Å²) in [6.45, 7) is 4.31. The van der Waals surface area contributed by atoms with Crippen molar-refractivity contribution in [3.8, 4) is 5.75 Å². The minimum absolute atomic E-state index is 0.217. The van der Waals surface area contributed by atoms with Crippen molar-refractivity contribution in [2.75, 3.05) is 0 Å². The lowest BCUT2D eigenvalue weighted by Crippen LogP contribution is -2.20. The van der Waals surface area contributed by atoms with Crippen LogP contribution >= 0.6 is 0 Å². The van der Waals surface area contributed by atoms with Crippen LogP contribution in [-0.4, -0.2) is 5.11 Å². The van der Waals surface area contributed by atoms with Crippen molar-refractivity contribution < 1.29 is 5.11 Å². The molecule has 0 heterocycles. The van der Waals surface area contributed by atoms with E-state index in [1.165, 1.54) is 0 Å². The van der Waals surface area contributed by atoms with Crippen molar-refractivity contribution >= 4 is 6.08 Å². The lowest BCUT2D eigenvalue weighted by Gasteiger charge is -2.25. The minimum Gasteiger partial charge on any atom is -0.507 e. The lowest BCUT2D eigenvalue weighted by atomic mass is 9.82. The standard InChI is InChI=1S/C16H19NO/c1-11(2)16-13(7-5-8-14(16)17)10-12-6-3-4-9-15(12)18/h3-11,16,18H,17H2,1-2H3. The molecule has 0 saturated heterocycles. The molecule has 0 aliphatic heterocycles. The molecule has 1 aliphatic carbocycles. The van der Waals surface area contributed by atoms with Gasteiger partial charge in [-0.05, 0) is 29.7 Å². The van der Waals surface area contributed by atoms with Gasteiger partial charge in [-0.2, -0.15) is 0 Å². The zero-order valence-electron chi connectivity index (χ0n) is 10.8. The predicted molar refractivity (Wildman–Crippen MR) is 75.8 cm³/mol. The average Bonchev–Trinajstić information content (AvgIpc) is 2.31. The zero-order valence-corrected chi connectivity index (χ0v) is 10.8. The van der Waals surface area contributed by atoms with Crippen molar-refractivity contribution in [2.24, 2.45) is 17.6 Å². The van der Waals surface area contributed by atoms with Crippen LogP contribution in [0.1, 0.15) is 19.4 Å². The Morgan fingerprint density at radius 3 is 2.67 bits per heavy atom. The summed E-state index contributed by atoms with van der Waals surface area (Å²) in [6, 6.07) is 7.34. The highest BCUT2D eigenvalue weighted by Crippen LogP contribution is 2.32. The van der Waals surface area contributed by atoms with E-state index in [-0.39, 0.29) is 5.92 Å². The molecule has 2 nitrogen and oxygen atoms in total. The van der Waals surface area contributed by atoms with Gasteiger partial charge in [0, 0.05) is 17.2 Å². The summed E-state index contributed by atoms with van der Waals surface area (Å²) in [6.07, 6.45) is 7.98. The van der Waals surface area contributed by atoms with Crippen molar-refractivity contribution in [1.29, 1.82) is 0 Å². The molecule has 2 rings (SSSR count). The average molecular weight is 241 g/mol. The van der Waals surface area contributed by atoms with Gasteiger partial charge in [-0.15, -0.1) is 0 Å². The number of nitrogens with two attached hydrogens (primary N) is 1. The molecule has 0 spiro atoms. The van der Waals surface area contributed by atoms with E-state index in [2.05, 4.69) is 19.9 Å². The number of hydrogen-bond acceptors (Lipinski definition) is 2. The Hall–Kier alpha value is -1.96. The molecule has 2 heteroatoms. The van der Waals surface area contributed by atoms with E-state index in [0.29, 0.717) is 11.7 Å². The summed E-state index contributed by atoms with van der Waals surface area (Å²) in [5.41, 5.74) is 8.93. The van der Waals surface area contributed by atoms with Crippen LogP contribution < -0.4 is 5.73 Å². The van der Waals surface area contributed by atoms with Gasteiger partial charge in [0.1, 0.15) is 5.75 Å². The van der Waals surface area contributed by atoms with E-state index in [0.717, 1.165) is 16.8 Å². The predicted octanol–water partition coefficient (Wildman–Crippen LogP) is 3.46. The molecule has 0 saturated carbocycles. The van der Waals surface area contributed by atoms with Crippen molar-refractivity contribution in [3.63, 3.8) is 0 Å². The molecule has 1 unspecified atom stereocenters. The number of allylic oxidation sites excluding steroid dienone is 4. The van der Waals surface area contributed by atoms with Crippen LogP contribution in [0.3, 0.4) is 0 Å². The highest BCUT2D eigenvalue weighted by Gasteiger charge is 2.21. The Kier molecular flexibility index (Phi) is 3.56. The van der Waals surface area contributed by atoms with Gasteiger partial charge in [0.05, 0.1) is 0 Å². The van der Waals surface area contributed by atoms with Crippen LogP contribution in [0.2, 0.25) is 0 Å². The molecule has 18 heavy (non-hydrogen) atoms. The second-order valence-corrected chi connectivity index (χ2v) is 4.95. The molecule has 1 aliphatic rings. The number of phenols is 1. The molecule has 0 fully saturated rings. The maximum absolute atomic E-state index is 9.82. The van der Waals surface area contributed by atoms with Gasteiger partial charge in [0.25, 0.3) is 0 Å². The van der Waals surface area contributed by atoms with Crippen LogP contribution in [0.4, 0.5) is 0 Å². The van der Waals surface area contributed by atoms with Gasteiger partial charge in [0.15, 0.2) is 0 Å². The number of phenolic OH excluding ortho intramolecular Hbond substituents is 1. The first-order chi connectivity index (χ1) is 8.59. The summed E-state index contributed by atoms with van der Waals surface area (Å²) in [7, 11) is 0. The van der Waals surface area contributed by atoms with Crippen LogP contribution in [0.5, 0.6) is 5.75 Å². The highest BCUT2D eigenvalue weighted by molar-refractivity contribution is 5.63. The summed E-state index contributed by atoms with van der Waals surface area (Å²) in [5.74, 6) is 0.951. The maximum Gasteiger partial charge on any atom is 0.122 e. The summed E-state index contributed by atoms with van der Waals surface area (Å²) < 4.78 is 0. The van der Waals surface area contributed by atoms with Crippen LogP contribution in [0.15, 0.2) is 53.8 Å². The number of hydrogen-bond donors (Lipinski definition) is 2. The number of aromatic hydroxyl groups is 1. The Labute approximate surface area is 108 Å². The summed E-state index contributed by atoms with van der Waals surface area (Å²) >= 11 is 0. The monoisotopic (exact) mass is 241 g/mol. The summed E-state index contributed by atoms with van der Waals surface area (Å²) in [5, 5.41) is 9.82. The molecule has 0 bridgehead atoms. The quantitative estimate of drug-likeness (QED) is 0.833. The van der Waals surface area contributed by atoms with E-state index in [1.807, 2.05) is 36.4 Å². The van der Waals surface area contributed by atoms with Gasteiger partial charge in [0.2, 0.25) is 0 Å². The molecule has 94 valence electrons. The molecule has 0 aromatic heterocycles. The van der Waals surface area contributed by atoms with E-state index < -0.39 is 0 Å². The van der Waals surface area contributed by atoms with Crippen LogP contribution in [0.25, 0.3) is 6.08 Å². The van der Waals surface area contributed by atoms with Gasteiger partial charge in [-0.3, -0.25) is 0 Å². The van der Waals surface area contributed by atoms with Gasteiger partial charge < -0.3 is 10.8 Å². The largest absolute Gasteiger partial charge is 0.507 e. The lowest BCUT2D eigenvalue weighted by molar-refractivity contribution is 0.473. The van der Waals surface area contributed by atoms with E-state index in [4.69, 9.17) is 5.73 Å². The zero-order chi connectivity index (χ0) is 13.1. The molecular formula is C16H19NO. The van der Waals surface area contributed by atoms with Crippen molar-refractivity contribution in [1.82, 2.24) is 0 Å². The third kappa shape index (κ3) is 2.48. The van der Waals surface area contributed by atoms with Gasteiger partial charge in [-0.25, -0.2) is 0 Å². The molecular weight excluding hydrogens is 222 g/mol. The fourth-order valence-corrected chi connectivity index (χ4v) is 2.37. The number of para-hydroxylation sites is 1. The minimum atomic E-state index is 0.217. The van der Waals surface area contributed by atoms with Crippen LogP contribution in [0, 0.1) is 11.8 Å². The molecule has 3 N–H and O–H groups in total. The smallest absolute Gasteiger partial charge is 0.122 e. The summed E-state index contributed by atoms with van der Waals surface area (Å²) in [4.78, 5) is 0. The fourth-order valence-electron chi connectivity index (χ4n) is 2.37. The van der Waals surface area contributed by atoms with Gasteiger partial charge >= 0.3 is 0 Å². The SMILES string of the molecule is CC(C)C1C(N)=CC=CC1=Cc1ccccc1O. The second-order valence-electron chi connectivity index (χ2n) is 4.95. The first-order valence-corrected chi connectivity index (χ1v) is 6.23. The number of benzene rings is 1. The van der Waals surface area contributed by atoms with Crippen molar-refractivity contribution in [3.05, 3.63) is 59.3 Å². The maximum atomic E-state index is 9.82. The molecule has 0 radical (unpaired) electrons. The second kappa shape index (κ2) is 5.13. The Balaban J connectivity index is 2.41.